The third kappa shape index (κ3) is 8.08. The molecule has 0 radical (unpaired) electrons. The zero-order valence-electron chi connectivity index (χ0n) is 16.7. The Bertz CT molecular complexity index is 981. The number of hydrogen-bond donors (Lipinski definition) is 0. The molecule has 7 heteroatoms. The summed E-state index contributed by atoms with van der Waals surface area (Å²) in [6, 6.07) is 16.4. The van der Waals surface area contributed by atoms with Crippen LogP contribution in [0.1, 0.15) is 38.5 Å². The number of rotatable bonds is 12. The number of Topliss-reactive ketones (excluding diaryl/α,β-unsaturated/α-hetero) is 1. The molecule has 30 heavy (non-hydrogen) atoms. The first-order chi connectivity index (χ1) is 14.3. The smallest absolute Gasteiger partial charge is 0.199 e. The molecule has 0 saturated heterocycles. The van der Waals surface area contributed by atoms with Crippen molar-refractivity contribution in [2.75, 3.05) is 0 Å². The van der Waals surface area contributed by atoms with Gasteiger partial charge in [0.05, 0.1) is 9.79 Å². The fourth-order valence-corrected chi connectivity index (χ4v) is 4.89. The van der Waals surface area contributed by atoms with Crippen molar-refractivity contribution in [3.8, 4) is 0 Å². The van der Waals surface area contributed by atoms with E-state index in [-0.39, 0.29) is 15.6 Å². The number of carbonyl (C=O) groups is 1. The molecule has 0 saturated carbocycles. The maximum Gasteiger partial charge on any atom is 0.199 e. The molecule has 0 aromatic heterocycles. The van der Waals surface area contributed by atoms with Gasteiger partial charge in [0, 0.05) is 23.7 Å². The van der Waals surface area contributed by atoms with Gasteiger partial charge in [-0.15, -0.1) is 0 Å². The van der Waals surface area contributed by atoms with Crippen molar-refractivity contribution < 1.29 is 21.6 Å². The van der Waals surface area contributed by atoms with E-state index in [9.17, 15) is 21.6 Å². The fourth-order valence-electron chi connectivity index (χ4n) is 2.73. The van der Waals surface area contributed by atoms with Gasteiger partial charge >= 0.3 is 0 Å². The van der Waals surface area contributed by atoms with Crippen molar-refractivity contribution in [2.24, 2.45) is 0 Å². The molecule has 0 aliphatic heterocycles. The minimum atomic E-state index is -3.44. The first-order valence-corrected chi connectivity index (χ1v) is 12.9. The third-order valence-corrected chi connectivity index (χ3v) is 7.31. The Morgan fingerprint density at radius 3 is 1.37 bits per heavy atom. The SMILES string of the molecule is O=C(CCC/C=C/S(=O)(=O)c1ccccc1)CCC/C=C/S(=O)(=O)c1ccccc1. The standard InChI is InChI=1S/C23H26O5S2/c24-21(13-5-3-11-19-29(25,26)22-15-7-1-8-16-22)14-6-4-12-20-30(27,28)23-17-9-2-10-18-23/h1-2,7-12,15-20H,3-6,13-14H2/b19-11+,20-12+. The Kier molecular flexibility index (Phi) is 9.20. The van der Waals surface area contributed by atoms with Crippen LogP contribution in [0.15, 0.2) is 93.4 Å². The van der Waals surface area contributed by atoms with E-state index in [0.29, 0.717) is 38.5 Å². The summed E-state index contributed by atoms with van der Waals surface area (Å²) in [5.41, 5.74) is 0. The number of allylic oxidation sites excluding steroid dienone is 2. The predicted octanol–water partition coefficient (Wildman–Crippen LogP) is 4.87. The largest absolute Gasteiger partial charge is 0.300 e. The van der Waals surface area contributed by atoms with Crippen LogP contribution in [0.5, 0.6) is 0 Å². The van der Waals surface area contributed by atoms with Gasteiger partial charge in [0.15, 0.2) is 19.7 Å². The lowest BCUT2D eigenvalue weighted by Crippen LogP contribution is -1.98. The molecule has 0 aliphatic rings. The molecule has 0 aliphatic carbocycles. The first-order valence-electron chi connectivity index (χ1n) is 9.76. The second-order valence-electron chi connectivity index (χ2n) is 6.78. The van der Waals surface area contributed by atoms with Crippen LogP contribution < -0.4 is 0 Å². The Morgan fingerprint density at radius 2 is 1.00 bits per heavy atom. The Labute approximate surface area is 179 Å². The number of ketones is 1. The van der Waals surface area contributed by atoms with Gasteiger partial charge in [-0.1, -0.05) is 48.6 Å². The van der Waals surface area contributed by atoms with Gasteiger partial charge in [0.1, 0.15) is 5.78 Å². The van der Waals surface area contributed by atoms with Crippen molar-refractivity contribution in [1.29, 1.82) is 0 Å². The number of hydrogen-bond acceptors (Lipinski definition) is 5. The van der Waals surface area contributed by atoms with E-state index in [0.717, 1.165) is 0 Å². The van der Waals surface area contributed by atoms with Crippen molar-refractivity contribution in [3.63, 3.8) is 0 Å². The first kappa shape index (κ1) is 23.8. The highest BCUT2D eigenvalue weighted by Gasteiger charge is 2.09. The summed E-state index contributed by atoms with van der Waals surface area (Å²) in [6.07, 6.45) is 6.08. The number of benzene rings is 2. The average Bonchev–Trinajstić information content (AvgIpc) is 2.74. The minimum absolute atomic E-state index is 0.0913. The van der Waals surface area contributed by atoms with Gasteiger partial charge in [0.25, 0.3) is 0 Å². The second-order valence-corrected chi connectivity index (χ2v) is 10.5. The monoisotopic (exact) mass is 446 g/mol. The zero-order chi connectivity index (χ0) is 21.9. The molecule has 2 rings (SSSR count). The van der Waals surface area contributed by atoms with Crippen molar-refractivity contribution in [3.05, 3.63) is 83.6 Å². The summed E-state index contributed by atoms with van der Waals surface area (Å²) in [7, 11) is -6.87. The minimum Gasteiger partial charge on any atom is -0.300 e. The lowest BCUT2D eigenvalue weighted by atomic mass is 10.1. The molecule has 0 heterocycles. The van der Waals surface area contributed by atoms with E-state index < -0.39 is 19.7 Å². The van der Waals surface area contributed by atoms with E-state index in [4.69, 9.17) is 0 Å². The maximum atomic E-state index is 12.1. The van der Waals surface area contributed by atoms with E-state index in [1.54, 1.807) is 72.8 Å². The molecule has 0 amide bonds. The molecule has 0 fully saturated rings. The van der Waals surface area contributed by atoms with E-state index >= 15 is 0 Å². The topological polar surface area (TPSA) is 85.3 Å². The highest BCUT2D eigenvalue weighted by molar-refractivity contribution is 7.94. The fraction of sp³-hybridized carbons (Fsp3) is 0.261. The lowest BCUT2D eigenvalue weighted by Gasteiger charge is -2.00. The molecule has 5 nitrogen and oxygen atoms in total. The van der Waals surface area contributed by atoms with Crippen molar-refractivity contribution in [2.45, 2.75) is 48.3 Å². The van der Waals surface area contributed by atoms with Crippen molar-refractivity contribution in [1.82, 2.24) is 0 Å². The summed E-state index contributed by atoms with van der Waals surface area (Å²) < 4.78 is 48.4. The lowest BCUT2D eigenvalue weighted by molar-refractivity contribution is -0.119. The van der Waals surface area contributed by atoms with E-state index in [2.05, 4.69) is 0 Å². The summed E-state index contributed by atoms with van der Waals surface area (Å²) in [5.74, 6) is 0.0913. The van der Waals surface area contributed by atoms with Crippen LogP contribution in [0, 0.1) is 0 Å². The number of sulfone groups is 2. The Balaban J connectivity index is 1.65. The van der Waals surface area contributed by atoms with Gasteiger partial charge in [-0.2, -0.15) is 0 Å². The van der Waals surface area contributed by atoms with Crippen LogP contribution in [0.4, 0.5) is 0 Å². The zero-order valence-corrected chi connectivity index (χ0v) is 18.3. The molecule has 160 valence electrons. The number of unbranched alkanes of at least 4 members (excludes halogenated alkanes) is 2. The Morgan fingerprint density at radius 1 is 0.633 bits per heavy atom. The predicted molar refractivity (Wildman–Crippen MR) is 118 cm³/mol. The maximum absolute atomic E-state index is 12.1. The van der Waals surface area contributed by atoms with E-state index in [1.807, 2.05) is 0 Å². The highest BCUT2D eigenvalue weighted by Crippen LogP contribution is 2.14. The highest BCUT2D eigenvalue weighted by atomic mass is 32.2. The molecule has 2 aromatic carbocycles. The molecule has 0 bridgehead atoms. The van der Waals surface area contributed by atoms with E-state index in [1.165, 1.54) is 10.8 Å². The normalized spacial score (nSPS) is 12.5. The quantitative estimate of drug-likeness (QED) is 0.434. The second kappa shape index (κ2) is 11.6. The average molecular weight is 447 g/mol. The van der Waals surface area contributed by atoms with Crippen LogP contribution in [-0.4, -0.2) is 22.6 Å². The third-order valence-electron chi connectivity index (χ3n) is 4.35. The summed E-state index contributed by atoms with van der Waals surface area (Å²) in [5, 5.41) is 2.37. The van der Waals surface area contributed by atoms with Gasteiger partial charge in [-0.3, -0.25) is 4.79 Å². The molecular weight excluding hydrogens is 420 g/mol. The van der Waals surface area contributed by atoms with Gasteiger partial charge in [-0.25, -0.2) is 16.8 Å². The Hall–Kier alpha value is -2.51. The van der Waals surface area contributed by atoms with Gasteiger partial charge in [0.2, 0.25) is 0 Å². The summed E-state index contributed by atoms with van der Waals surface area (Å²) >= 11 is 0. The summed E-state index contributed by atoms with van der Waals surface area (Å²) in [6.45, 7) is 0. The molecule has 0 atom stereocenters. The van der Waals surface area contributed by atoms with Gasteiger partial charge in [-0.05, 0) is 49.9 Å². The van der Waals surface area contributed by atoms with Crippen molar-refractivity contribution >= 4 is 25.5 Å². The van der Waals surface area contributed by atoms with Crippen LogP contribution in [0.2, 0.25) is 0 Å². The van der Waals surface area contributed by atoms with Crippen LogP contribution in [0.25, 0.3) is 0 Å². The number of carbonyl (C=O) groups excluding carboxylic acids is 1. The molecular formula is C23H26O5S2. The van der Waals surface area contributed by atoms with Crippen LogP contribution in [-0.2, 0) is 24.5 Å². The molecule has 0 spiro atoms. The van der Waals surface area contributed by atoms with Crippen LogP contribution >= 0.6 is 0 Å². The van der Waals surface area contributed by atoms with Crippen LogP contribution in [0.3, 0.4) is 0 Å². The van der Waals surface area contributed by atoms with Gasteiger partial charge < -0.3 is 0 Å². The molecule has 2 aromatic rings. The summed E-state index contributed by atoms with van der Waals surface area (Å²) in [4.78, 5) is 12.4. The molecule has 0 unspecified atom stereocenters. The molecule has 0 N–H and O–H groups in total.